The van der Waals surface area contributed by atoms with Crippen molar-refractivity contribution in [2.45, 2.75) is 12.8 Å². The monoisotopic (exact) mass is 660 g/mol. The largest absolute Gasteiger partial charge is 0.0836 e. The Morgan fingerprint density at radius 2 is 0.750 bits per heavy atom. The van der Waals surface area contributed by atoms with Gasteiger partial charge in [-0.2, -0.15) is 0 Å². The van der Waals surface area contributed by atoms with Gasteiger partial charge in [0.05, 0.1) is 0 Å². The highest BCUT2D eigenvalue weighted by atomic mass is 14.2. The predicted octanol–water partition coefficient (Wildman–Crippen LogP) is 14.7. The first-order valence-electron chi connectivity index (χ1n) is 18.3. The Bertz CT molecular complexity index is 2770. The van der Waals surface area contributed by atoms with Crippen LogP contribution >= 0.6 is 0 Å². The van der Waals surface area contributed by atoms with Gasteiger partial charge in [-0.15, -0.1) is 0 Å². The van der Waals surface area contributed by atoms with Crippen LogP contribution in [0.1, 0.15) is 18.4 Å². The fraction of sp³-hybridized carbons (Fsp3) is 0.0385. The zero-order valence-electron chi connectivity index (χ0n) is 28.9. The van der Waals surface area contributed by atoms with Gasteiger partial charge in [-0.25, -0.2) is 0 Å². The van der Waals surface area contributed by atoms with Gasteiger partial charge in [0.2, 0.25) is 0 Å². The van der Waals surface area contributed by atoms with Crippen LogP contribution in [0.2, 0.25) is 0 Å². The summed E-state index contributed by atoms with van der Waals surface area (Å²) in [5, 5.41) is 7.76. The molecular formula is C52H36. The van der Waals surface area contributed by atoms with Crippen molar-refractivity contribution < 1.29 is 0 Å². The Kier molecular flexibility index (Phi) is 7.40. The molecule has 0 saturated carbocycles. The lowest BCUT2D eigenvalue weighted by Crippen LogP contribution is -1.95. The van der Waals surface area contributed by atoms with E-state index in [1.54, 1.807) is 0 Å². The van der Waals surface area contributed by atoms with Crippen LogP contribution in [0.3, 0.4) is 0 Å². The first-order chi connectivity index (χ1) is 25.8. The van der Waals surface area contributed by atoms with E-state index in [0.29, 0.717) is 0 Å². The molecule has 0 unspecified atom stereocenters. The van der Waals surface area contributed by atoms with Gasteiger partial charge in [0.1, 0.15) is 0 Å². The van der Waals surface area contributed by atoms with Crippen molar-refractivity contribution in [3.8, 4) is 55.6 Å². The van der Waals surface area contributed by atoms with Gasteiger partial charge in [-0.1, -0.05) is 182 Å². The molecule has 244 valence electrons. The van der Waals surface area contributed by atoms with Crippen LogP contribution < -0.4 is 0 Å². The van der Waals surface area contributed by atoms with Gasteiger partial charge in [-0.05, 0) is 124 Å². The highest BCUT2D eigenvalue weighted by Gasteiger charge is 2.21. The van der Waals surface area contributed by atoms with E-state index in [4.69, 9.17) is 0 Å². The van der Waals surface area contributed by atoms with E-state index in [2.05, 4.69) is 194 Å². The number of hydrogen-bond acceptors (Lipinski definition) is 0. The smallest absolute Gasteiger partial charge is 0.00199 e. The third-order valence-electron chi connectivity index (χ3n) is 10.9. The number of hydrogen-bond donors (Lipinski definition) is 0. The van der Waals surface area contributed by atoms with Gasteiger partial charge in [0.25, 0.3) is 0 Å². The third-order valence-corrected chi connectivity index (χ3v) is 10.9. The summed E-state index contributed by atoms with van der Waals surface area (Å²) in [5.74, 6) is 0. The molecule has 0 spiro atoms. The summed E-state index contributed by atoms with van der Waals surface area (Å²) < 4.78 is 0. The Morgan fingerprint density at radius 1 is 0.327 bits per heavy atom. The molecule has 0 radical (unpaired) electrons. The Balaban J connectivity index is 1.24. The van der Waals surface area contributed by atoms with Gasteiger partial charge in [0.15, 0.2) is 0 Å². The molecule has 1 aliphatic rings. The summed E-state index contributed by atoms with van der Waals surface area (Å²) in [7, 11) is 0. The van der Waals surface area contributed by atoms with Crippen LogP contribution in [0.4, 0.5) is 0 Å². The first-order valence-corrected chi connectivity index (χ1v) is 18.3. The van der Waals surface area contributed by atoms with E-state index in [-0.39, 0.29) is 0 Å². The van der Waals surface area contributed by atoms with E-state index in [1.807, 2.05) is 0 Å². The Labute approximate surface area is 305 Å². The molecule has 10 rings (SSSR count). The van der Waals surface area contributed by atoms with E-state index in [1.165, 1.54) is 99.1 Å². The third kappa shape index (κ3) is 5.15. The lowest BCUT2D eigenvalue weighted by atomic mass is 9.81. The predicted molar refractivity (Wildman–Crippen MR) is 224 cm³/mol. The second-order valence-electron chi connectivity index (χ2n) is 13.9. The summed E-state index contributed by atoms with van der Waals surface area (Å²) in [6, 6.07) is 65.1. The summed E-state index contributed by atoms with van der Waals surface area (Å²) in [6.45, 7) is 0. The Hall–Kier alpha value is -6.50. The maximum Gasteiger partial charge on any atom is -0.00199 e. The fourth-order valence-electron chi connectivity index (χ4n) is 8.38. The van der Waals surface area contributed by atoms with Crippen LogP contribution in [-0.2, 0) is 0 Å². The molecule has 0 nitrogen and oxygen atoms in total. The van der Waals surface area contributed by atoms with Gasteiger partial charge < -0.3 is 0 Å². The molecule has 9 aromatic rings. The minimum atomic E-state index is 1.10. The molecule has 0 heterocycles. The van der Waals surface area contributed by atoms with Crippen molar-refractivity contribution >= 4 is 37.9 Å². The lowest BCUT2D eigenvalue weighted by molar-refractivity contribution is 1.04. The molecular weight excluding hydrogens is 625 g/mol. The molecule has 0 bridgehead atoms. The molecule has 0 aliphatic heterocycles. The van der Waals surface area contributed by atoms with Crippen molar-refractivity contribution in [2.75, 3.05) is 0 Å². The SMILES string of the molecule is C1=CC(c2ccc(-c3c(-c4ccccc4)cc4ccc5c(-c6ccc(-c7ccccc7)cc6)c(-c6ccccc6)cc6ccc3c4c65)cc2)=CCC1. The van der Waals surface area contributed by atoms with Crippen LogP contribution in [-0.4, -0.2) is 0 Å². The lowest BCUT2D eigenvalue weighted by Gasteiger charge is -2.22. The summed E-state index contributed by atoms with van der Waals surface area (Å²) >= 11 is 0. The van der Waals surface area contributed by atoms with Crippen molar-refractivity contribution in [3.05, 3.63) is 200 Å². The second kappa shape index (κ2) is 12.7. The number of allylic oxidation sites excluding steroid dienone is 4. The quantitative estimate of drug-likeness (QED) is 0.156. The minimum absolute atomic E-state index is 1.10. The molecule has 0 atom stereocenters. The van der Waals surface area contributed by atoms with Crippen LogP contribution in [0.15, 0.2) is 194 Å². The first kappa shape index (κ1) is 30.3. The summed E-state index contributed by atoms with van der Waals surface area (Å²) in [5.41, 5.74) is 15.0. The van der Waals surface area contributed by atoms with Gasteiger partial charge in [0, 0.05) is 0 Å². The highest BCUT2D eigenvalue weighted by molar-refractivity contribution is 6.30. The van der Waals surface area contributed by atoms with Gasteiger partial charge in [-0.3, -0.25) is 0 Å². The summed E-state index contributed by atoms with van der Waals surface area (Å²) in [4.78, 5) is 0. The molecule has 9 aromatic carbocycles. The fourth-order valence-corrected chi connectivity index (χ4v) is 8.38. The van der Waals surface area contributed by atoms with Gasteiger partial charge >= 0.3 is 0 Å². The molecule has 0 heteroatoms. The summed E-state index contributed by atoms with van der Waals surface area (Å²) in [6.07, 6.45) is 9.13. The Morgan fingerprint density at radius 3 is 1.21 bits per heavy atom. The highest BCUT2D eigenvalue weighted by Crippen LogP contribution is 2.49. The van der Waals surface area contributed by atoms with Crippen molar-refractivity contribution in [1.82, 2.24) is 0 Å². The molecule has 0 fully saturated rings. The van der Waals surface area contributed by atoms with Crippen molar-refractivity contribution in [2.24, 2.45) is 0 Å². The maximum absolute atomic E-state index is 2.42. The average Bonchev–Trinajstić information content (AvgIpc) is 3.23. The average molecular weight is 661 g/mol. The van der Waals surface area contributed by atoms with E-state index in [0.717, 1.165) is 12.8 Å². The molecule has 52 heavy (non-hydrogen) atoms. The molecule has 0 saturated heterocycles. The van der Waals surface area contributed by atoms with E-state index < -0.39 is 0 Å². The molecule has 1 aliphatic carbocycles. The zero-order chi connectivity index (χ0) is 34.4. The maximum atomic E-state index is 2.42. The second-order valence-corrected chi connectivity index (χ2v) is 13.9. The number of rotatable bonds is 6. The zero-order valence-corrected chi connectivity index (χ0v) is 28.9. The van der Waals surface area contributed by atoms with E-state index in [9.17, 15) is 0 Å². The van der Waals surface area contributed by atoms with Crippen molar-refractivity contribution in [3.63, 3.8) is 0 Å². The number of benzene rings is 9. The van der Waals surface area contributed by atoms with Crippen LogP contribution in [0.25, 0.3) is 93.5 Å². The van der Waals surface area contributed by atoms with Crippen LogP contribution in [0.5, 0.6) is 0 Å². The van der Waals surface area contributed by atoms with E-state index >= 15 is 0 Å². The van der Waals surface area contributed by atoms with Crippen molar-refractivity contribution in [1.29, 1.82) is 0 Å². The molecule has 0 N–H and O–H groups in total. The topological polar surface area (TPSA) is 0 Å². The standard InChI is InChI=1S/C52H36/c1-5-13-35(14-6-1)37-21-25-41(26-22-37)49-45-31-29-44-34-48(40-19-11-4-12-20-40)50(42-27-23-38(24-28-42)36-15-7-2-8-16-36)46-32-30-43(51(45)52(44)46)33-47(49)39-17-9-3-10-18-39/h1,3-7,9-34H,2,8H2. The van der Waals surface area contributed by atoms with Crippen LogP contribution in [0, 0.1) is 0 Å². The molecule has 0 aromatic heterocycles. The minimum Gasteiger partial charge on any atom is -0.0836 e. The normalized spacial score (nSPS) is 12.9. The molecule has 0 amide bonds.